The number of piperazine rings is 1. The van der Waals surface area contributed by atoms with Gasteiger partial charge in [-0.3, -0.25) is 4.90 Å². The molecule has 0 saturated carbocycles. The lowest BCUT2D eigenvalue weighted by Crippen LogP contribution is -2.52. The third-order valence-corrected chi connectivity index (χ3v) is 8.01. The van der Waals surface area contributed by atoms with Crippen LogP contribution in [0.5, 0.6) is 0 Å². The lowest BCUT2D eigenvalue weighted by Gasteiger charge is -2.34. The predicted octanol–water partition coefficient (Wildman–Crippen LogP) is -0.614. The number of rotatable bonds is 4. The van der Waals surface area contributed by atoms with Gasteiger partial charge in [0, 0.05) is 26.2 Å². The van der Waals surface area contributed by atoms with Crippen LogP contribution in [0, 0.1) is 0 Å². The number of hydrogen-bond donors (Lipinski definition) is 0. The van der Waals surface area contributed by atoms with Crippen LogP contribution >= 0.6 is 0 Å². The number of alkyl halides is 2. The van der Waals surface area contributed by atoms with Crippen molar-refractivity contribution in [2.24, 2.45) is 0 Å². The number of sulfonamides is 1. The molecule has 0 N–H and O–H groups in total. The van der Waals surface area contributed by atoms with E-state index in [1.807, 2.05) is 0 Å². The van der Waals surface area contributed by atoms with E-state index in [2.05, 4.69) is 0 Å². The fourth-order valence-electron chi connectivity index (χ4n) is 2.57. The molecule has 20 heavy (non-hydrogen) atoms. The molecule has 0 bridgehead atoms. The minimum atomic E-state index is -3.64. The van der Waals surface area contributed by atoms with Crippen LogP contribution in [0.4, 0.5) is 8.78 Å². The average Bonchev–Trinajstić information content (AvgIpc) is 2.70. The van der Waals surface area contributed by atoms with E-state index in [0.717, 1.165) is 0 Å². The van der Waals surface area contributed by atoms with E-state index >= 15 is 0 Å². The molecule has 1 unspecified atom stereocenters. The van der Waals surface area contributed by atoms with Crippen molar-refractivity contribution >= 4 is 19.9 Å². The van der Waals surface area contributed by atoms with Crippen LogP contribution in [0.3, 0.4) is 0 Å². The normalized spacial score (nSPS) is 29.1. The van der Waals surface area contributed by atoms with Crippen LogP contribution in [0.2, 0.25) is 0 Å². The molecule has 2 aliphatic rings. The molecule has 0 aliphatic carbocycles. The van der Waals surface area contributed by atoms with Gasteiger partial charge in [-0.15, -0.1) is 0 Å². The van der Waals surface area contributed by atoms with Crippen molar-refractivity contribution in [3.05, 3.63) is 0 Å². The van der Waals surface area contributed by atoms with Crippen LogP contribution in [0.1, 0.15) is 6.42 Å². The topological polar surface area (TPSA) is 74.8 Å². The molecule has 10 heteroatoms. The van der Waals surface area contributed by atoms with Crippen molar-refractivity contribution in [1.29, 1.82) is 0 Å². The Morgan fingerprint density at radius 1 is 1.15 bits per heavy atom. The van der Waals surface area contributed by atoms with Crippen molar-refractivity contribution in [2.75, 3.05) is 44.2 Å². The Labute approximate surface area is 117 Å². The fourth-order valence-corrected chi connectivity index (χ4v) is 7.08. The van der Waals surface area contributed by atoms with Crippen LogP contribution < -0.4 is 0 Å². The molecular formula is C10H18F2N2O4S2. The molecule has 118 valence electrons. The quantitative estimate of drug-likeness (QED) is 0.686. The Morgan fingerprint density at radius 2 is 1.75 bits per heavy atom. The molecule has 0 aromatic carbocycles. The first-order chi connectivity index (χ1) is 9.21. The highest BCUT2D eigenvalue weighted by atomic mass is 32.2. The number of halogens is 2. The second-order valence-electron chi connectivity index (χ2n) is 5.16. The first-order valence-corrected chi connectivity index (χ1v) is 9.73. The first-order valence-electron chi connectivity index (χ1n) is 6.40. The highest BCUT2D eigenvalue weighted by Gasteiger charge is 2.41. The summed E-state index contributed by atoms with van der Waals surface area (Å²) in [5, 5.41) is -0.880. The molecule has 0 aromatic heterocycles. The molecule has 2 aliphatic heterocycles. The Morgan fingerprint density at radius 3 is 2.20 bits per heavy atom. The summed E-state index contributed by atoms with van der Waals surface area (Å²) in [4.78, 5) is 1.52. The third kappa shape index (κ3) is 3.66. The van der Waals surface area contributed by atoms with Crippen LogP contribution in [0.25, 0.3) is 0 Å². The van der Waals surface area contributed by atoms with Gasteiger partial charge in [0.2, 0.25) is 10.0 Å². The maximum atomic E-state index is 12.3. The molecule has 2 fully saturated rings. The third-order valence-electron chi connectivity index (χ3n) is 3.70. The van der Waals surface area contributed by atoms with Crippen molar-refractivity contribution < 1.29 is 25.6 Å². The molecule has 2 saturated heterocycles. The number of hydrogen-bond acceptors (Lipinski definition) is 5. The summed E-state index contributed by atoms with van der Waals surface area (Å²) in [5.74, 6) is -0.422. The summed E-state index contributed by atoms with van der Waals surface area (Å²) in [6.45, 7) is 0.439. The van der Waals surface area contributed by atoms with Gasteiger partial charge in [-0.25, -0.2) is 25.6 Å². The maximum absolute atomic E-state index is 12.3. The zero-order valence-electron chi connectivity index (χ0n) is 10.9. The largest absolute Gasteiger partial charge is 0.295 e. The molecule has 0 aromatic rings. The van der Waals surface area contributed by atoms with E-state index in [1.165, 1.54) is 9.21 Å². The summed E-state index contributed by atoms with van der Waals surface area (Å²) in [6.07, 6.45) is -2.31. The average molecular weight is 332 g/mol. The van der Waals surface area contributed by atoms with E-state index in [1.54, 1.807) is 0 Å². The van der Waals surface area contributed by atoms with Gasteiger partial charge in [-0.05, 0) is 6.42 Å². The lowest BCUT2D eigenvalue weighted by molar-refractivity contribution is 0.0715. The van der Waals surface area contributed by atoms with Gasteiger partial charge in [0.05, 0.1) is 23.3 Å². The van der Waals surface area contributed by atoms with E-state index in [9.17, 15) is 25.6 Å². The van der Waals surface area contributed by atoms with Gasteiger partial charge in [0.15, 0.2) is 9.84 Å². The zero-order valence-corrected chi connectivity index (χ0v) is 12.5. The van der Waals surface area contributed by atoms with E-state index in [0.29, 0.717) is 0 Å². The molecule has 0 radical (unpaired) electrons. The minimum absolute atomic E-state index is 0.0950. The zero-order chi connectivity index (χ0) is 15.0. The van der Waals surface area contributed by atoms with Crippen molar-refractivity contribution in [2.45, 2.75) is 18.1 Å². The predicted molar refractivity (Wildman–Crippen MR) is 70.0 cm³/mol. The minimum Gasteiger partial charge on any atom is -0.295 e. The Bertz CT molecular complexity index is 542. The summed E-state index contributed by atoms with van der Waals surface area (Å²) in [6, 6.07) is 0. The fraction of sp³-hybridized carbons (Fsp3) is 1.00. The molecule has 0 spiro atoms. The van der Waals surface area contributed by atoms with Crippen molar-refractivity contribution in [3.63, 3.8) is 0 Å². The standard InChI is InChI=1S/C10H18F2N2O4S2/c11-10(12)7-13-2-4-14(5-3-13)20(17,18)9-1-6-19(15,16)8-9/h9-10H,1-8H2. The van der Waals surface area contributed by atoms with Gasteiger partial charge in [0.25, 0.3) is 6.43 Å². The van der Waals surface area contributed by atoms with E-state index in [-0.39, 0.29) is 50.7 Å². The van der Waals surface area contributed by atoms with Gasteiger partial charge in [-0.1, -0.05) is 0 Å². The first kappa shape index (κ1) is 16.1. The van der Waals surface area contributed by atoms with Crippen LogP contribution in [0.15, 0.2) is 0 Å². The molecule has 6 nitrogen and oxygen atoms in total. The summed E-state index contributed by atoms with van der Waals surface area (Å²) in [5.41, 5.74) is 0. The molecule has 2 heterocycles. The molecule has 2 rings (SSSR count). The Hall–Kier alpha value is -0.320. The summed E-state index contributed by atoms with van der Waals surface area (Å²) >= 11 is 0. The van der Waals surface area contributed by atoms with Gasteiger partial charge < -0.3 is 0 Å². The second kappa shape index (κ2) is 5.82. The smallest absolute Gasteiger partial charge is 0.251 e. The lowest BCUT2D eigenvalue weighted by atomic mass is 10.3. The van der Waals surface area contributed by atoms with Crippen molar-refractivity contribution in [3.8, 4) is 0 Å². The molecular weight excluding hydrogens is 314 g/mol. The van der Waals surface area contributed by atoms with Crippen LogP contribution in [-0.4, -0.2) is 81.9 Å². The second-order valence-corrected chi connectivity index (χ2v) is 9.60. The highest BCUT2D eigenvalue weighted by molar-refractivity contribution is 7.95. The SMILES string of the molecule is O=S1(=O)CCC(S(=O)(=O)N2CCN(CC(F)F)CC2)C1. The van der Waals surface area contributed by atoms with Gasteiger partial charge in [0.1, 0.15) is 0 Å². The maximum Gasteiger partial charge on any atom is 0.251 e. The molecule has 0 amide bonds. The van der Waals surface area contributed by atoms with Crippen LogP contribution in [-0.2, 0) is 19.9 Å². The van der Waals surface area contributed by atoms with E-state index < -0.39 is 31.5 Å². The van der Waals surface area contributed by atoms with Gasteiger partial charge in [-0.2, -0.15) is 4.31 Å². The molecule has 1 atom stereocenters. The number of nitrogens with zero attached hydrogens (tertiary/aromatic N) is 2. The summed E-state index contributed by atoms with van der Waals surface area (Å²) in [7, 11) is -6.90. The monoisotopic (exact) mass is 332 g/mol. The van der Waals surface area contributed by atoms with Crippen molar-refractivity contribution in [1.82, 2.24) is 9.21 Å². The number of sulfone groups is 1. The summed E-state index contributed by atoms with van der Waals surface area (Å²) < 4.78 is 73.1. The van der Waals surface area contributed by atoms with E-state index in [4.69, 9.17) is 0 Å². The van der Waals surface area contributed by atoms with Gasteiger partial charge >= 0.3 is 0 Å². The Kier molecular flexibility index (Phi) is 4.67. The highest BCUT2D eigenvalue weighted by Crippen LogP contribution is 2.23. The Balaban J connectivity index is 1.96.